The second-order valence-corrected chi connectivity index (χ2v) is 7.85. The molecule has 150 valence electrons. The summed E-state index contributed by atoms with van der Waals surface area (Å²) in [5.41, 5.74) is 0.739. The predicted octanol–water partition coefficient (Wildman–Crippen LogP) is 4.98. The SMILES string of the molecule is C=C1N(C(C)c2ccc(C(C)(C)F)cc2)C(=O)N(CC)C1(CC)CCNC. The molecule has 1 saturated heterocycles. The number of halogens is 1. The fourth-order valence-corrected chi connectivity index (χ4v) is 4.14. The van der Waals surface area contributed by atoms with Crippen LogP contribution in [0, 0.1) is 0 Å². The standard InChI is InChI=1S/C22H34FN3O/c1-8-22(14-15-24-7)17(4)26(20(27)25(22)9-2)16(3)18-10-12-19(13-11-18)21(5,6)23/h10-13,16,24H,4,8-9,14-15H2,1-3,5-7H3. The van der Waals surface area contributed by atoms with E-state index in [4.69, 9.17) is 0 Å². The minimum atomic E-state index is -1.38. The Hall–Kier alpha value is -1.88. The van der Waals surface area contributed by atoms with Gasteiger partial charge in [0, 0.05) is 12.2 Å². The molecule has 2 amide bonds. The van der Waals surface area contributed by atoms with Crippen LogP contribution in [0.2, 0.25) is 0 Å². The molecule has 1 aliphatic rings. The molecule has 2 unspecified atom stereocenters. The third-order valence-corrected chi connectivity index (χ3v) is 5.94. The fourth-order valence-electron chi connectivity index (χ4n) is 4.14. The third-order valence-electron chi connectivity index (χ3n) is 5.94. The van der Waals surface area contributed by atoms with Crippen molar-refractivity contribution in [1.82, 2.24) is 15.1 Å². The van der Waals surface area contributed by atoms with Crippen LogP contribution in [0.15, 0.2) is 36.5 Å². The molecule has 4 nitrogen and oxygen atoms in total. The van der Waals surface area contributed by atoms with Gasteiger partial charge < -0.3 is 10.2 Å². The van der Waals surface area contributed by atoms with Crippen LogP contribution in [0.25, 0.3) is 0 Å². The van der Waals surface area contributed by atoms with Crippen LogP contribution >= 0.6 is 0 Å². The molecule has 1 heterocycles. The first-order valence-electron chi connectivity index (χ1n) is 9.88. The molecule has 1 N–H and O–H groups in total. The number of benzene rings is 1. The summed E-state index contributed by atoms with van der Waals surface area (Å²) < 4.78 is 14.2. The lowest BCUT2D eigenvalue weighted by Gasteiger charge is -2.37. The quantitative estimate of drug-likeness (QED) is 0.695. The van der Waals surface area contributed by atoms with Gasteiger partial charge in [0.1, 0.15) is 5.67 Å². The zero-order valence-electron chi connectivity index (χ0n) is 17.6. The predicted molar refractivity (Wildman–Crippen MR) is 109 cm³/mol. The molecule has 1 fully saturated rings. The fraction of sp³-hybridized carbons (Fsp3) is 0.591. The molecule has 1 aromatic carbocycles. The van der Waals surface area contributed by atoms with Gasteiger partial charge in [0.15, 0.2) is 0 Å². The summed E-state index contributed by atoms with van der Waals surface area (Å²) in [5.74, 6) is 0. The summed E-state index contributed by atoms with van der Waals surface area (Å²) in [4.78, 5) is 17.0. The maximum Gasteiger partial charge on any atom is 0.325 e. The normalized spacial score (nSPS) is 21.9. The first-order valence-corrected chi connectivity index (χ1v) is 9.88. The molecule has 27 heavy (non-hydrogen) atoms. The Balaban J connectivity index is 2.36. The zero-order valence-corrected chi connectivity index (χ0v) is 17.6. The van der Waals surface area contributed by atoms with Gasteiger partial charge in [-0.25, -0.2) is 9.18 Å². The topological polar surface area (TPSA) is 35.6 Å². The third kappa shape index (κ3) is 3.75. The lowest BCUT2D eigenvalue weighted by molar-refractivity contribution is 0.153. The van der Waals surface area contributed by atoms with E-state index in [0.29, 0.717) is 12.1 Å². The molecule has 0 aromatic heterocycles. The van der Waals surface area contributed by atoms with Gasteiger partial charge in [-0.05, 0) is 65.3 Å². The van der Waals surface area contributed by atoms with Crippen LogP contribution in [-0.4, -0.2) is 41.5 Å². The van der Waals surface area contributed by atoms with Gasteiger partial charge >= 0.3 is 6.03 Å². The van der Waals surface area contributed by atoms with Gasteiger partial charge in [0.2, 0.25) is 0 Å². The average molecular weight is 376 g/mol. The van der Waals surface area contributed by atoms with Crippen molar-refractivity contribution in [1.29, 1.82) is 0 Å². The molecule has 1 aromatic rings. The van der Waals surface area contributed by atoms with Gasteiger partial charge in [-0.1, -0.05) is 37.8 Å². The van der Waals surface area contributed by atoms with Crippen molar-refractivity contribution >= 4 is 6.03 Å². The number of urea groups is 1. The van der Waals surface area contributed by atoms with E-state index in [9.17, 15) is 9.18 Å². The summed E-state index contributed by atoms with van der Waals surface area (Å²) in [6, 6.07) is 7.29. The number of rotatable bonds is 8. The molecule has 2 atom stereocenters. The summed E-state index contributed by atoms with van der Waals surface area (Å²) >= 11 is 0. The van der Waals surface area contributed by atoms with Crippen molar-refractivity contribution < 1.29 is 9.18 Å². The highest BCUT2D eigenvalue weighted by molar-refractivity contribution is 5.82. The van der Waals surface area contributed by atoms with E-state index in [1.165, 1.54) is 0 Å². The first kappa shape index (κ1) is 21.4. The van der Waals surface area contributed by atoms with E-state index < -0.39 is 5.67 Å². The van der Waals surface area contributed by atoms with Crippen LogP contribution in [-0.2, 0) is 5.67 Å². The highest BCUT2D eigenvalue weighted by atomic mass is 19.1. The van der Waals surface area contributed by atoms with E-state index in [1.54, 1.807) is 26.0 Å². The largest absolute Gasteiger partial charge is 0.325 e. The minimum Gasteiger partial charge on any atom is -0.320 e. The highest BCUT2D eigenvalue weighted by Crippen LogP contribution is 2.44. The summed E-state index contributed by atoms with van der Waals surface area (Å²) in [5, 5.41) is 3.20. The molecule has 0 aliphatic carbocycles. The number of carbonyl (C=O) groups is 1. The summed E-state index contributed by atoms with van der Waals surface area (Å²) in [7, 11) is 1.92. The maximum atomic E-state index is 14.2. The Kier molecular flexibility index (Phi) is 6.35. The average Bonchev–Trinajstić information content (AvgIpc) is 2.85. The van der Waals surface area contributed by atoms with E-state index >= 15 is 0 Å². The highest BCUT2D eigenvalue weighted by Gasteiger charge is 2.51. The number of hydrogen-bond donors (Lipinski definition) is 1. The first-order chi connectivity index (χ1) is 12.6. The van der Waals surface area contributed by atoms with Gasteiger partial charge in [0.25, 0.3) is 0 Å². The summed E-state index contributed by atoms with van der Waals surface area (Å²) in [6.45, 7) is 15.0. The molecule has 1 aliphatic heterocycles. The van der Waals surface area contributed by atoms with E-state index in [-0.39, 0.29) is 17.6 Å². The Morgan fingerprint density at radius 1 is 1.26 bits per heavy atom. The van der Waals surface area contributed by atoms with Gasteiger partial charge in [0.05, 0.1) is 11.6 Å². The second-order valence-electron chi connectivity index (χ2n) is 7.85. The van der Waals surface area contributed by atoms with Gasteiger partial charge in [-0.3, -0.25) is 4.90 Å². The van der Waals surface area contributed by atoms with Crippen LogP contribution in [0.3, 0.4) is 0 Å². The van der Waals surface area contributed by atoms with Crippen LogP contribution < -0.4 is 5.32 Å². The van der Waals surface area contributed by atoms with Crippen LogP contribution in [0.4, 0.5) is 9.18 Å². The molecule has 2 rings (SSSR count). The molecule has 5 heteroatoms. The smallest absolute Gasteiger partial charge is 0.320 e. The molecular weight excluding hydrogens is 341 g/mol. The maximum absolute atomic E-state index is 14.2. The van der Waals surface area contributed by atoms with E-state index in [1.807, 2.05) is 42.8 Å². The Morgan fingerprint density at radius 2 is 1.85 bits per heavy atom. The van der Waals surface area contributed by atoms with Crippen molar-refractivity contribution in [2.45, 2.75) is 64.7 Å². The van der Waals surface area contributed by atoms with Crippen LogP contribution in [0.1, 0.15) is 64.6 Å². The lowest BCUT2D eigenvalue weighted by Crippen LogP contribution is -2.47. The van der Waals surface area contributed by atoms with Gasteiger partial charge in [-0.15, -0.1) is 0 Å². The van der Waals surface area contributed by atoms with Crippen molar-refractivity contribution in [3.8, 4) is 0 Å². The van der Waals surface area contributed by atoms with Crippen molar-refractivity contribution in [3.63, 3.8) is 0 Å². The number of likely N-dealkylation sites (N-methyl/N-ethyl adjacent to an activating group) is 1. The zero-order chi connectivity index (χ0) is 20.4. The second kappa shape index (κ2) is 8.01. The Morgan fingerprint density at radius 3 is 2.30 bits per heavy atom. The van der Waals surface area contributed by atoms with E-state index in [0.717, 1.165) is 30.6 Å². The Bertz CT molecular complexity index is 680. The number of nitrogens with zero attached hydrogens (tertiary/aromatic N) is 2. The lowest BCUT2D eigenvalue weighted by atomic mass is 9.87. The number of amides is 2. The number of alkyl halides is 1. The van der Waals surface area contributed by atoms with Crippen molar-refractivity contribution in [2.24, 2.45) is 0 Å². The Labute approximate surface area is 163 Å². The van der Waals surface area contributed by atoms with Crippen LogP contribution in [0.5, 0.6) is 0 Å². The molecule has 0 saturated carbocycles. The number of hydrogen-bond acceptors (Lipinski definition) is 2. The molecular formula is C22H34FN3O. The molecule has 0 bridgehead atoms. The van der Waals surface area contributed by atoms with Crippen molar-refractivity contribution in [3.05, 3.63) is 47.7 Å². The minimum absolute atomic E-state index is 0.00264. The summed E-state index contributed by atoms with van der Waals surface area (Å²) in [6.07, 6.45) is 1.65. The van der Waals surface area contributed by atoms with Crippen molar-refractivity contribution in [2.75, 3.05) is 20.1 Å². The van der Waals surface area contributed by atoms with Gasteiger partial charge in [-0.2, -0.15) is 0 Å². The molecule has 0 spiro atoms. The monoisotopic (exact) mass is 375 g/mol. The van der Waals surface area contributed by atoms with E-state index in [2.05, 4.69) is 18.8 Å². The molecule has 0 radical (unpaired) electrons. The number of nitrogens with one attached hydrogen (secondary N) is 1. The number of carbonyl (C=O) groups excluding carboxylic acids is 1.